The largest absolute Gasteiger partial charge is 0.380 e. The molecule has 0 radical (unpaired) electrons. The molecule has 0 saturated carbocycles. The molecule has 3 heterocycles. The third-order valence-electron chi connectivity index (χ3n) is 4.55. The summed E-state index contributed by atoms with van der Waals surface area (Å²) >= 11 is 6.44. The van der Waals surface area contributed by atoms with Gasteiger partial charge < -0.3 is 19.6 Å². The fraction of sp³-hybridized carbons (Fsp3) is 0.294. The zero-order chi connectivity index (χ0) is 16.7. The highest BCUT2D eigenvalue weighted by atomic mass is 35.5. The van der Waals surface area contributed by atoms with E-state index in [-0.39, 0.29) is 18.1 Å². The van der Waals surface area contributed by atoms with Crippen LogP contribution in [0, 0.1) is 0 Å². The molecule has 1 unspecified atom stereocenters. The van der Waals surface area contributed by atoms with E-state index in [2.05, 4.69) is 15.0 Å². The number of ether oxygens (including phenoxy) is 1. The van der Waals surface area contributed by atoms with E-state index >= 15 is 0 Å². The first-order chi connectivity index (χ1) is 11.7. The van der Waals surface area contributed by atoms with Crippen LogP contribution in [-0.4, -0.2) is 45.5 Å². The maximum atomic E-state index is 13.1. The van der Waals surface area contributed by atoms with E-state index in [1.165, 1.54) is 0 Å². The summed E-state index contributed by atoms with van der Waals surface area (Å²) in [6.45, 7) is 0.506. The first-order valence-corrected chi connectivity index (χ1v) is 8.16. The molecule has 0 bridgehead atoms. The predicted molar refractivity (Wildman–Crippen MR) is 91.1 cm³/mol. The third-order valence-corrected chi connectivity index (χ3v) is 4.94. The average Bonchev–Trinajstić information content (AvgIpc) is 3.33. The predicted octanol–water partition coefficient (Wildman–Crippen LogP) is 3.15. The Hall–Kier alpha value is -2.31. The Balaban J connectivity index is 1.72. The Kier molecular flexibility index (Phi) is 3.78. The summed E-state index contributed by atoms with van der Waals surface area (Å²) in [5.41, 5.74) is 1.26. The molecule has 7 heteroatoms. The van der Waals surface area contributed by atoms with Crippen LogP contribution >= 0.6 is 11.6 Å². The van der Waals surface area contributed by atoms with Gasteiger partial charge in [0.05, 0.1) is 17.2 Å². The van der Waals surface area contributed by atoms with E-state index in [1.54, 1.807) is 24.4 Å². The summed E-state index contributed by atoms with van der Waals surface area (Å²) in [5, 5.41) is 1.30. The van der Waals surface area contributed by atoms with Crippen molar-refractivity contribution >= 4 is 28.4 Å². The van der Waals surface area contributed by atoms with Crippen molar-refractivity contribution < 1.29 is 9.53 Å². The summed E-state index contributed by atoms with van der Waals surface area (Å²) in [6, 6.07) is 7.46. The molecular formula is C17H17ClN4O2. The molecule has 0 spiro atoms. The van der Waals surface area contributed by atoms with Crippen LogP contribution in [0.1, 0.15) is 28.8 Å². The molecule has 2 N–H and O–H groups in total. The Morgan fingerprint density at radius 3 is 2.96 bits per heavy atom. The van der Waals surface area contributed by atoms with Crippen molar-refractivity contribution in [1.29, 1.82) is 0 Å². The number of hydrogen-bond donors (Lipinski definition) is 2. The summed E-state index contributed by atoms with van der Waals surface area (Å²) in [5.74, 6) is 0.618. The number of rotatable bonds is 3. The van der Waals surface area contributed by atoms with Crippen molar-refractivity contribution in [3.05, 3.63) is 53.2 Å². The van der Waals surface area contributed by atoms with Crippen LogP contribution in [0.5, 0.6) is 0 Å². The summed E-state index contributed by atoms with van der Waals surface area (Å²) in [6.07, 6.45) is 4.13. The van der Waals surface area contributed by atoms with E-state index in [4.69, 9.17) is 16.3 Å². The van der Waals surface area contributed by atoms with E-state index in [1.807, 2.05) is 24.3 Å². The van der Waals surface area contributed by atoms with Crippen molar-refractivity contribution in [3.63, 3.8) is 0 Å². The molecule has 0 aliphatic carbocycles. The van der Waals surface area contributed by atoms with Crippen LogP contribution in [-0.2, 0) is 4.74 Å². The van der Waals surface area contributed by atoms with Crippen LogP contribution in [0.15, 0.2) is 36.7 Å². The van der Waals surface area contributed by atoms with Gasteiger partial charge in [-0.05, 0) is 6.07 Å². The van der Waals surface area contributed by atoms with Crippen LogP contribution < -0.4 is 0 Å². The lowest BCUT2D eigenvalue weighted by Gasteiger charge is -2.22. The van der Waals surface area contributed by atoms with Crippen LogP contribution in [0.25, 0.3) is 10.9 Å². The lowest BCUT2D eigenvalue weighted by molar-refractivity contribution is 0.0680. The van der Waals surface area contributed by atoms with E-state index in [0.29, 0.717) is 23.7 Å². The van der Waals surface area contributed by atoms with Gasteiger partial charge in [0.1, 0.15) is 11.5 Å². The molecule has 2 aromatic heterocycles. The number of para-hydroxylation sites is 1. The van der Waals surface area contributed by atoms with Gasteiger partial charge in [0.2, 0.25) is 0 Å². The molecule has 3 aromatic rings. The third kappa shape index (κ3) is 2.39. The second-order valence-electron chi connectivity index (χ2n) is 5.90. The molecule has 1 fully saturated rings. The molecule has 6 nitrogen and oxygen atoms in total. The zero-order valence-electron chi connectivity index (χ0n) is 13.1. The number of benzene rings is 1. The van der Waals surface area contributed by atoms with Gasteiger partial charge in [-0.15, -0.1) is 0 Å². The van der Waals surface area contributed by atoms with Crippen molar-refractivity contribution in [3.8, 4) is 0 Å². The van der Waals surface area contributed by atoms with Crippen molar-refractivity contribution in [2.75, 3.05) is 13.7 Å². The lowest BCUT2D eigenvalue weighted by atomic mass is 10.2. The summed E-state index contributed by atoms with van der Waals surface area (Å²) in [7, 11) is 1.66. The van der Waals surface area contributed by atoms with Crippen molar-refractivity contribution in [1.82, 2.24) is 19.9 Å². The molecule has 1 saturated heterocycles. The fourth-order valence-electron chi connectivity index (χ4n) is 3.31. The smallest absolute Gasteiger partial charge is 0.272 e. The number of nitrogens with one attached hydrogen (secondary N) is 2. The van der Waals surface area contributed by atoms with Crippen molar-refractivity contribution in [2.24, 2.45) is 0 Å². The average molecular weight is 345 g/mol. The molecule has 2 atom stereocenters. The number of hydrogen-bond acceptors (Lipinski definition) is 3. The summed E-state index contributed by atoms with van der Waals surface area (Å²) < 4.78 is 5.47. The number of aromatic nitrogens is 3. The van der Waals surface area contributed by atoms with Crippen molar-refractivity contribution in [2.45, 2.75) is 18.6 Å². The number of likely N-dealkylation sites (tertiary alicyclic amines) is 1. The molecular weight excluding hydrogens is 328 g/mol. The van der Waals surface area contributed by atoms with Crippen LogP contribution in [0.3, 0.4) is 0 Å². The minimum absolute atomic E-state index is 0.0211. The second kappa shape index (κ2) is 5.96. The quantitative estimate of drug-likeness (QED) is 0.766. The normalized spacial score (nSPS) is 20.8. The minimum Gasteiger partial charge on any atom is -0.380 e. The van der Waals surface area contributed by atoms with Crippen LogP contribution in [0.4, 0.5) is 0 Å². The highest BCUT2D eigenvalue weighted by Gasteiger charge is 2.39. The summed E-state index contributed by atoms with van der Waals surface area (Å²) in [4.78, 5) is 25.4. The van der Waals surface area contributed by atoms with E-state index < -0.39 is 0 Å². The number of nitrogens with zero attached hydrogens (tertiary/aromatic N) is 2. The molecule has 1 aliphatic rings. The van der Waals surface area contributed by atoms with Gasteiger partial charge in [-0.25, -0.2) is 4.98 Å². The van der Waals surface area contributed by atoms with Gasteiger partial charge in [0.15, 0.2) is 0 Å². The molecule has 1 aliphatic heterocycles. The number of amides is 1. The van der Waals surface area contributed by atoms with Gasteiger partial charge in [-0.2, -0.15) is 0 Å². The van der Waals surface area contributed by atoms with E-state index in [9.17, 15) is 4.79 Å². The number of halogens is 1. The minimum atomic E-state index is -0.153. The Labute approximate surface area is 143 Å². The number of methoxy groups -OCH3 is 1. The van der Waals surface area contributed by atoms with E-state index in [0.717, 1.165) is 16.7 Å². The standard InChI is InChI=1S/C17H17ClN4O2/c1-24-10-8-13(16-19-6-7-20-16)22(9-10)17(23)15-14(18)11-4-2-3-5-12(11)21-15/h2-7,10,13,21H,8-9H2,1H3,(H,19,20)/t10-,13?/m1/s1. The first kappa shape index (κ1) is 15.2. The molecule has 24 heavy (non-hydrogen) atoms. The maximum Gasteiger partial charge on any atom is 0.272 e. The maximum absolute atomic E-state index is 13.1. The number of imidazole rings is 1. The number of fused-ring (bicyclic) bond motifs is 1. The number of H-pyrrole nitrogens is 2. The first-order valence-electron chi connectivity index (χ1n) is 7.78. The molecule has 1 amide bonds. The van der Waals surface area contributed by atoms with Gasteiger partial charge >= 0.3 is 0 Å². The van der Waals surface area contributed by atoms with Gasteiger partial charge in [0, 0.05) is 43.4 Å². The van der Waals surface area contributed by atoms with Gasteiger partial charge in [-0.1, -0.05) is 29.8 Å². The SMILES string of the molecule is CO[C@@H]1CC(c2ncc[nH]2)N(C(=O)c2[nH]c3ccccc3c2Cl)C1. The monoisotopic (exact) mass is 344 g/mol. The molecule has 4 rings (SSSR count). The topological polar surface area (TPSA) is 74.0 Å². The number of carbonyl (C=O) groups excluding carboxylic acids is 1. The highest BCUT2D eigenvalue weighted by Crippen LogP contribution is 2.35. The molecule has 1 aromatic carbocycles. The van der Waals surface area contributed by atoms with Gasteiger partial charge in [-0.3, -0.25) is 4.79 Å². The lowest BCUT2D eigenvalue weighted by Crippen LogP contribution is -2.32. The van der Waals surface area contributed by atoms with Gasteiger partial charge in [0.25, 0.3) is 5.91 Å². The highest BCUT2D eigenvalue weighted by molar-refractivity contribution is 6.38. The zero-order valence-corrected chi connectivity index (χ0v) is 13.9. The Bertz CT molecular complexity index is 874. The number of carbonyl (C=O) groups is 1. The molecule has 124 valence electrons. The fourth-order valence-corrected chi connectivity index (χ4v) is 3.60. The number of aromatic amines is 2. The second-order valence-corrected chi connectivity index (χ2v) is 6.28. The van der Waals surface area contributed by atoms with Crippen LogP contribution in [0.2, 0.25) is 5.02 Å². The Morgan fingerprint density at radius 2 is 2.25 bits per heavy atom. The Morgan fingerprint density at radius 1 is 1.42 bits per heavy atom.